The maximum absolute atomic E-state index is 13.6. The molecule has 4 heteroatoms. The zero-order valence-electron chi connectivity index (χ0n) is 10.2. The Morgan fingerprint density at radius 1 is 1.35 bits per heavy atom. The van der Waals surface area contributed by atoms with Crippen LogP contribution in [-0.2, 0) is 7.05 Å². The molecule has 2 N–H and O–H groups in total. The molecule has 0 saturated carbocycles. The number of nitrogens with two attached hydrogens (primary N) is 1. The first-order chi connectivity index (χ1) is 8.00. The molecule has 2 rings (SSSR count). The largest absolute Gasteiger partial charge is 0.398 e. The zero-order valence-corrected chi connectivity index (χ0v) is 10.2. The standard InChI is InChI=1S/C13H16FN3/c1-8(2)10-4-9(14)5-11(13(10)15)12-6-16-7-17(12)3/h4-8H,15H2,1-3H3. The molecule has 0 unspecified atom stereocenters. The number of anilines is 1. The van der Waals surface area contributed by atoms with Gasteiger partial charge in [-0.3, -0.25) is 0 Å². The first-order valence-corrected chi connectivity index (χ1v) is 5.56. The summed E-state index contributed by atoms with van der Waals surface area (Å²) in [5.74, 6) is -0.0724. The van der Waals surface area contributed by atoms with Crippen molar-refractivity contribution in [2.75, 3.05) is 5.73 Å². The van der Waals surface area contributed by atoms with Crippen LogP contribution in [0.5, 0.6) is 0 Å². The first kappa shape index (κ1) is 11.6. The molecule has 0 atom stereocenters. The predicted octanol–water partition coefficient (Wildman–Crippen LogP) is 2.93. The van der Waals surface area contributed by atoms with Crippen LogP contribution in [0.25, 0.3) is 11.3 Å². The van der Waals surface area contributed by atoms with Crippen molar-refractivity contribution in [3.8, 4) is 11.3 Å². The molecule has 0 fully saturated rings. The fraction of sp³-hybridized carbons (Fsp3) is 0.308. The molecular weight excluding hydrogens is 217 g/mol. The van der Waals surface area contributed by atoms with Crippen molar-refractivity contribution in [3.05, 3.63) is 36.0 Å². The van der Waals surface area contributed by atoms with Gasteiger partial charge in [-0.2, -0.15) is 0 Å². The van der Waals surface area contributed by atoms with Gasteiger partial charge in [0.1, 0.15) is 5.82 Å². The molecule has 0 amide bonds. The van der Waals surface area contributed by atoms with Gasteiger partial charge in [0.25, 0.3) is 0 Å². The molecule has 0 radical (unpaired) electrons. The van der Waals surface area contributed by atoms with Crippen molar-refractivity contribution in [2.45, 2.75) is 19.8 Å². The van der Waals surface area contributed by atoms with E-state index >= 15 is 0 Å². The van der Waals surface area contributed by atoms with Crippen LogP contribution >= 0.6 is 0 Å². The lowest BCUT2D eigenvalue weighted by Crippen LogP contribution is -2.02. The monoisotopic (exact) mass is 233 g/mol. The van der Waals surface area contributed by atoms with Crippen LogP contribution in [0.4, 0.5) is 10.1 Å². The maximum Gasteiger partial charge on any atom is 0.124 e. The molecule has 0 aliphatic carbocycles. The number of benzene rings is 1. The van der Waals surface area contributed by atoms with Crippen molar-refractivity contribution in [1.82, 2.24) is 9.55 Å². The predicted molar refractivity (Wildman–Crippen MR) is 67.1 cm³/mol. The average Bonchev–Trinajstić information content (AvgIpc) is 2.67. The number of aryl methyl sites for hydroxylation is 1. The Bertz CT molecular complexity index is 544. The van der Waals surface area contributed by atoms with E-state index in [4.69, 9.17) is 5.73 Å². The summed E-state index contributed by atoms with van der Waals surface area (Å²) in [5.41, 5.74) is 9.10. The third kappa shape index (κ3) is 2.02. The van der Waals surface area contributed by atoms with Crippen molar-refractivity contribution in [3.63, 3.8) is 0 Å². The first-order valence-electron chi connectivity index (χ1n) is 5.56. The van der Waals surface area contributed by atoms with Gasteiger partial charge in [0.05, 0.1) is 18.2 Å². The van der Waals surface area contributed by atoms with Gasteiger partial charge in [0, 0.05) is 18.3 Å². The van der Waals surface area contributed by atoms with Gasteiger partial charge in [-0.15, -0.1) is 0 Å². The number of imidazole rings is 1. The van der Waals surface area contributed by atoms with E-state index in [1.54, 1.807) is 12.5 Å². The van der Waals surface area contributed by atoms with Crippen molar-refractivity contribution in [1.29, 1.82) is 0 Å². The molecule has 17 heavy (non-hydrogen) atoms. The molecule has 0 aliphatic heterocycles. The van der Waals surface area contributed by atoms with Gasteiger partial charge < -0.3 is 10.3 Å². The molecule has 0 bridgehead atoms. The highest BCUT2D eigenvalue weighted by Gasteiger charge is 2.14. The lowest BCUT2D eigenvalue weighted by Gasteiger charge is -2.14. The topological polar surface area (TPSA) is 43.8 Å². The van der Waals surface area contributed by atoms with E-state index < -0.39 is 0 Å². The average molecular weight is 233 g/mol. The van der Waals surface area contributed by atoms with E-state index in [0.717, 1.165) is 11.3 Å². The minimum atomic E-state index is -0.265. The molecule has 0 spiro atoms. The fourth-order valence-electron chi connectivity index (χ4n) is 1.95. The highest BCUT2D eigenvalue weighted by atomic mass is 19.1. The summed E-state index contributed by atoms with van der Waals surface area (Å²) >= 11 is 0. The molecule has 1 aromatic carbocycles. The number of halogens is 1. The van der Waals surface area contributed by atoms with Crippen LogP contribution in [0.3, 0.4) is 0 Å². The van der Waals surface area contributed by atoms with Crippen molar-refractivity contribution < 1.29 is 4.39 Å². The quantitative estimate of drug-likeness (QED) is 0.810. The summed E-state index contributed by atoms with van der Waals surface area (Å²) in [4.78, 5) is 4.03. The summed E-state index contributed by atoms with van der Waals surface area (Å²) < 4.78 is 15.4. The Morgan fingerprint density at radius 3 is 2.59 bits per heavy atom. The van der Waals surface area contributed by atoms with Gasteiger partial charge in [0.2, 0.25) is 0 Å². The molecule has 1 heterocycles. The Morgan fingerprint density at radius 2 is 2.06 bits per heavy atom. The minimum Gasteiger partial charge on any atom is -0.398 e. The lowest BCUT2D eigenvalue weighted by molar-refractivity contribution is 0.624. The zero-order chi connectivity index (χ0) is 12.6. The fourth-order valence-corrected chi connectivity index (χ4v) is 1.95. The lowest BCUT2D eigenvalue weighted by atomic mass is 9.96. The van der Waals surface area contributed by atoms with E-state index in [9.17, 15) is 4.39 Å². The summed E-state index contributed by atoms with van der Waals surface area (Å²) in [6.45, 7) is 4.00. The van der Waals surface area contributed by atoms with Gasteiger partial charge in [-0.05, 0) is 23.6 Å². The van der Waals surface area contributed by atoms with Gasteiger partial charge >= 0.3 is 0 Å². The minimum absolute atomic E-state index is 0.192. The SMILES string of the molecule is CC(C)c1cc(F)cc(-c2cncn2C)c1N. The summed E-state index contributed by atoms with van der Waals surface area (Å²) in [6, 6.07) is 2.96. The Balaban J connectivity index is 2.67. The second-order valence-corrected chi connectivity index (χ2v) is 4.50. The van der Waals surface area contributed by atoms with Crippen LogP contribution in [0.15, 0.2) is 24.7 Å². The molecule has 0 aliphatic rings. The summed E-state index contributed by atoms with van der Waals surface area (Å²) in [5, 5.41) is 0. The Labute approximate surface area is 100 Å². The molecule has 0 saturated heterocycles. The Hall–Kier alpha value is -1.84. The number of nitrogens with zero attached hydrogens (tertiary/aromatic N) is 2. The number of hydrogen-bond donors (Lipinski definition) is 1. The van der Waals surface area contributed by atoms with Crippen molar-refractivity contribution >= 4 is 5.69 Å². The van der Waals surface area contributed by atoms with E-state index in [2.05, 4.69) is 4.98 Å². The van der Waals surface area contributed by atoms with Crippen LogP contribution in [0, 0.1) is 5.82 Å². The molecule has 1 aromatic heterocycles. The second kappa shape index (κ2) is 4.20. The van der Waals surface area contributed by atoms with E-state index in [1.807, 2.05) is 25.5 Å². The third-order valence-corrected chi connectivity index (χ3v) is 2.89. The highest BCUT2D eigenvalue weighted by molar-refractivity contribution is 5.76. The van der Waals surface area contributed by atoms with Crippen LogP contribution in [-0.4, -0.2) is 9.55 Å². The van der Waals surface area contributed by atoms with Crippen LogP contribution < -0.4 is 5.73 Å². The van der Waals surface area contributed by atoms with Crippen LogP contribution in [0.1, 0.15) is 25.3 Å². The molecule has 3 nitrogen and oxygen atoms in total. The smallest absolute Gasteiger partial charge is 0.124 e. The van der Waals surface area contributed by atoms with E-state index in [1.165, 1.54) is 12.1 Å². The number of aromatic nitrogens is 2. The van der Waals surface area contributed by atoms with E-state index in [-0.39, 0.29) is 11.7 Å². The third-order valence-electron chi connectivity index (χ3n) is 2.89. The Kier molecular flexibility index (Phi) is 2.88. The number of hydrogen-bond acceptors (Lipinski definition) is 2. The van der Waals surface area contributed by atoms with Crippen molar-refractivity contribution in [2.24, 2.45) is 7.05 Å². The summed E-state index contributed by atoms with van der Waals surface area (Å²) in [7, 11) is 1.86. The summed E-state index contributed by atoms with van der Waals surface area (Å²) in [6.07, 6.45) is 3.37. The van der Waals surface area contributed by atoms with Gasteiger partial charge in [-0.25, -0.2) is 9.37 Å². The van der Waals surface area contributed by atoms with Gasteiger partial charge in [-0.1, -0.05) is 13.8 Å². The molecule has 2 aromatic rings. The van der Waals surface area contributed by atoms with Crippen LogP contribution in [0.2, 0.25) is 0 Å². The van der Waals surface area contributed by atoms with E-state index in [0.29, 0.717) is 11.3 Å². The number of rotatable bonds is 2. The molecular formula is C13H16FN3. The van der Waals surface area contributed by atoms with Gasteiger partial charge in [0.15, 0.2) is 0 Å². The maximum atomic E-state index is 13.6. The second-order valence-electron chi connectivity index (χ2n) is 4.50. The highest BCUT2D eigenvalue weighted by Crippen LogP contribution is 2.33. The normalized spacial score (nSPS) is 11.1. The number of nitrogen functional groups attached to an aromatic ring is 1. The molecule has 90 valence electrons.